The normalized spacial score (nSPS) is 11.5. The summed E-state index contributed by atoms with van der Waals surface area (Å²) in [5.74, 6) is 0.786. The summed E-state index contributed by atoms with van der Waals surface area (Å²) in [6, 6.07) is 15.6. The summed E-state index contributed by atoms with van der Waals surface area (Å²) in [4.78, 5) is 32.7. The maximum absolute atomic E-state index is 12.4. The van der Waals surface area contributed by atoms with Gasteiger partial charge in [0.25, 0.3) is 5.91 Å². The summed E-state index contributed by atoms with van der Waals surface area (Å²) in [6.45, 7) is 0.447. The number of benzene rings is 2. The van der Waals surface area contributed by atoms with E-state index in [1.54, 1.807) is 42.5 Å². The Morgan fingerprint density at radius 1 is 1.00 bits per heavy atom. The Labute approximate surface area is 177 Å². The number of aromatic nitrogens is 2. The molecule has 1 aromatic heterocycles. The molecule has 2 aromatic carbocycles. The van der Waals surface area contributed by atoms with E-state index in [2.05, 4.69) is 20.6 Å². The summed E-state index contributed by atoms with van der Waals surface area (Å²) < 4.78 is 10.6. The standard InChI is InChI=1S/C22H17N5O4/c23-10-14-1-3-15(4-2-14)11-24-22(29)17-9-20(26-12-25-17)27-21(28)8-16-5-6-18-19(7-16)31-13-30-18/h1-7,9,12H,8,11,13H2,(H,24,29)(H,25,26,27,28). The van der Waals surface area contributed by atoms with Gasteiger partial charge in [-0.05, 0) is 35.4 Å². The zero-order valence-corrected chi connectivity index (χ0v) is 16.3. The van der Waals surface area contributed by atoms with Crippen molar-refractivity contribution in [2.75, 3.05) is 12.1 Å². The highest BCUT2D eigenvalue weighted by Crippen LogP contribution is 2.32. The molecule has 0 radical (unpaired) electrons. The van der Waals surface area contributed by atoms with E-state index in [4.69, 9.17) is 14.7 Å². The molecule has 2 amide bonds. The Kier molecular flexibility index (Phi) is 5.71. The lowest BCUT2D eigenvalue weighted by Gasteiger charge is -2.08. The molecule has 0 spiro atoms. The first-order valence-corrected chi connectivity index (χ1v) is 9.38. The van der Waals surface area contributed by atoms with Crippen LogP contribution in [-0.4, -0.2) is 28.6 Å². The van der Waals surface area contributed by atoms with E-state index in [1.807, 2.05) is 6.07 Å². The maximum atomic E-state index is 12.4. The lowest BCUT2D eigenvalue weighted by Crippen LogP contribution is -2.24. The molecule has 3 aromatic rings. The number of carbonyl (C=O) groups excluding carboxylic acids is 2. The molecule has 1 aliphatic rings. The average molecular weight is 415 g/mol. The highest BCUT2D eigenvalue weighted by molar-refractivity contribution is 5.95. The van der Waals surface area contributed by atoms with Gasteiger partial charge in [0, 0.05) is 12.6 Å². The number of hydrogen-bond donors (Lipinski definition) is 2. The third-order valence-corrected chi connectivity index (χ3v) is 4.50. The van der Waals surface area contributed by atoms with E-state index < -0.39 is 5.91 Å². The Bertz CT molecular complexity index is 1170. The zero-order chi connectivity index (χ0) is 21.6. The molecule has 0 fully saturated rings. The SMILES string of the molecule is N#Cc1ccc(CNC(=O)c2cc(NC(=O)Cc3ccc4c(c3)OCO4)ncn2)cc1. The van der Waals surface area contributed by atoms with Crippen molar-refractivity contribution in [3.8, 4) is 17.6 Å². The molecule has 0 aliphatic carbocycles. The van der Waals surface area contributed by atoms with Crippen LogP contribution in [0.15, 0.2) is 54.9 Å². The largest absolute Gasteiger partial charge is 0.454 e. The number of anilines is 1. The van der Waals surface area contributed by atoms with Gasteiger partial charge in [-0.3, -0.25) is 9.59 Å². The van der Waals surface area contributed by atoms with Gasteiger partial charge in [0.15, 0.2) is 11.5 Å². The monoisotopic (exact) mass is 415 g/mol. The van der Waals surface area contributed by atoms with Gasteiger partial charge in [-0.25, -0.2) is 9.97 Å². The molecule has 9 heteroatoms. The summed E-state index contributed by atoms with van der Waals surface area (Å²) in [7, 11) is 0. The third kappa shape index (κ3) is 4.94. The fraction of sp³-hybridized carbons (Fsp3) is 0.136. The van der Waals surface area contributed by atoms with Crippen molar-refractivity contribution >= 4 is 17.6 Å². The average Bonchev–Trinajstić information content (AvgIpc) is 3.26. The van der Waals surface area contributed by atoms with Crippen molar-refractivity contribution in [3.05, 3.63) is 77.2 Å². The number of ether oxygens (including phenoxy) is 2. The number of nitrogens with one attached hydrogen (secondary N) is 2. The second-order valence-electron chi connectivity index (χ2n) is 6.69. The topological polar surface area (TPSA) is 126 Å². The molecule has 154 valence electrons. The van der Waals surface area contributed by atoms with E-state index in [0.29, 0.717) is 17.1 Å². The minimum atomic E-state index is -0.405. The molecule has 0 unspecified atom stereocenters. The Hall–Kier alpha value is -4.45. The van der Waals surface area contributed by atoms with E-state index in [1.165, 1.54) is 12.4 Å². The van der Waals surface area contributed by atoms with Crippen LogP contribution in [0.3, 0.4) is 0 Å². The number of fused-ring (bicyclic) bond motifs is 1. The Balaban J connectivity index is 1.34. The van der Waals surface area contributed by atoms with Crippen LogP contribution >= 0.6 is 0 Å². The first kappa shape index (κ1) is 19.8. The number of rotatable bonds is 6. The van der Waals surface area contributed by atoms with Crippen LogP contribution in [0.1, 0.15) is 27.2 Å². The van der Waals surface area contributed by atoms with Gasteiger partial charge in [0.05, 0.1) is 18.1 Å². The van der Waals surface area contributed by atoms with E-state index >= 15 is 0 Å². The van der Waals surface area contributed by atoms with Crippen molar-refractivity contribution in [2.45, 2.75) is 13.0 Å². The van der Waals surface area contributed by atoms with Crippen LogP contribution in [0.25, 0.3) is 0 Å². The van der Waals surface area contributed by atoms with Crippen LogP contribution in [-0.2, 0) is 17.8 Å². The van der Waals surface area contributed by atoms with Gasteiger partial charge in [0.2, 0.25) is 12.7 Å². The third-order valence-electron chi connectivity index (χ3n) is 4.50. The second-order valence-corrected chi connectivity index (χ2v) is 6.69. The fourth-order valence-electron chi connectivity index (χ4n) is 2.94. The fourth-order valence-corrected chi connectivity index (χ4v) is 2.94. The first-order chi connectivity index (χ1) is 15.1. The van der Waals surface area contributed by atoms with Crippen molar-refractivity contribution in [1.82, 2.24) is 15.3 Å². The zero-order valence-electron chi connectivity index (χ0n) is 16.3. The molecular formula is C22H17N5O4. The predicted molar refractivity (Wildman–Crippen MR) is 109 cm³/mol. The minimum Gasteiger partial charge on any atom is -0.454 e. The molecule has 0 saturated heterocycles. The number of nitrogens with zero attached hydrogens (tertiary/aromatic N) is 3. The number of nitriles is 1. The van der Waals surface area contributed by atoms with Gasteiger partial charge in [0.1, 0.15) is 17.8 Å². The Morgan fingerprint density at radius 3 is 2.58 bits per heavy atom. The van der Waals surface area contributed by atoms with Crippen molar-refractivity contribution < 1.29 is 19.1 Å². The molecule has 2 N–H and O–H groups in total. The molecule has 0 atom stereocenters. The number of amides is 2. The van der Waals surface area contributed by atoms with Crippen LogP contribution in [0.4, 0.5) is 5.82 Å². The first-order valence-electron chi connectivity index (χ1n) is 9.38. The minimum absolute atomic E-state index is 0.112. The van der Waals surface area contributed by atoms with E-state index in [-0.39, 0.29) is 37.2 Å². The van der Waals surface area contributed by atoms with E-state index in [9.17, 15) is 9.59 Å². The second kappa shape index (κ2) is 8.92. The Morgan fingerprint density at radius 2 is 1.77 bits per heavy atom. The maximum Gasteiger partial charge on any atom is 0.270 e. The molecule has 2 heterocycles. The molecule has 31 heavy (non-hydrogen) atoms. The molecule has 9 nitrogen and oxygen atoms in total. The van der Waals surface area contributed by atoms with Crippen molar-refractivity contribution in [1.29, 1.82) is 5.26 Å². The van der Waals surface area contributed by atoms with Crippen molar-refractivity contribution in [2.24, 2.45) is 0 Å². The quantitative estimate of drug-likeness (QED) is 0.632. The highest BCUT2D eigenvalue weighted by atomic mass is 16.7. The molecule has 0 saturated carbocycles. The van der Waals surface area contributed by atoms with Crippen molar-refractivity contribution in [3.63, 3.8) is 0 Å². The molecule has 0 bridgehead atoms. The van der Waals surface area contributed by atoms with Crippen LogP contribution in [0.5, 0.6) is 11.5 Å². The predicted octanol–water partition coefficient (Wildman–Crippen LogP) is 2.19. The van der Waals surface area contributed by atoms with Gasteiger partial charge in [-0.2, -0.15) is 5.26 Å². The van der Waals surface area contributed by atoms with E-state index in [0.717, 1.165) is 11.1 Å². The molecule has 1 aliphatic heterocycles. The van der Waals surface area contributed by atoms with Gasteiger partial charge >= 0.3 is 0 Å². The molecular weight excluding hydrogens is 398 g/mol. The lowest BCUT2D eigenvalue weighted by molar-refractivity contribution is -0.115. The smallest absolute Gasteiger partial charge is 0.270 e. The highest BCUT2D eigenvalue weighted by Gasteiger charge is 2.15. The van der Waals surface area contributed by atoms with Crippen LogP contribution in [0.2, 0.25) is 0 Å². The molecule has 4 rings (SSSR count). The van der Waals surface area contributed by atoms with Gasteiger partial charge in [-0.15, -0.1) is 0 Å². The van der Waals surface area contributed by atoms with Gasteiger partial charge < -0.3 is 20.1 Å². The van der Waals surface area contributed by atoms with Crippen LogP contribution in [0, 0.1) is 11.3 Å². The summed E-state index contributed by atoms with van der Waals surface area (Å²) in [5.41, 5.74) is 2.28. The summed E-state index contributed by atoms with van der Waals surface area (Å²) >= 11 is 0. The van der Waals surface area contributed by atoms with Crippen LogP contribution < -0.4 is 20.1 Å². The number of carbonyl (C=O) groups is 2. The summed E-state index contributed by atoms with van der Waals surface area (Å²) in [6.07, 6.45) is 1.33. The number of hydrogen-bond acceptors (Lipinski definition) is 7. The van der Waals surface area contributed by atoms with Gasteiger partial charge in [-0.1, -0.05) is 18.2 Å². The lowest BCUT2D eigenvalue weighted by atomic mass is 10.1. The summed E-state index contributed by atoms with van der Waals surface area (Å²) in [5, 5.41) is 14.2.